The van der Waals surface area contributed by atoms with Crippen molar-refractivity contribution < 1.29 is 14.6 Å². The van der Waals surface area contributed by atoms with Crippen LogP contribution in [-0.4, -0.2) is 27.2 Å². The third kappa shape index (κ3) is 3.94. The summed E-state index contributed by atoms with van der Waals surface area (Å²) in [6.07, 6.45) is 2.23. The van der Waals surface area contributed by atoms with E-state index in [9.17, 15) is 9.59 Å². The molecule has 29 heavy (non-hydrogen) atoms. The van der Waals surface area contributed by atoms with Gasteiger partial charge in [-0.25, -0.2) is 9.78 Å². The second kappa shape index (κ2) is 8.18. The van der Waals surface area contributed by atoms with Gasteiger partial charge in [-0.05, 0) is 49.1 Å². The highest BCUT2D eigenvalue weighted by Crippen LogP contribution is 2.37. The number of carbonyl (C=O) groups is 1. The van der Waals surface area contributed by atoms with Crippen LogP contribution < -0.4 is 10.3 Å². The Morgan fingerprint density at radius 1 is 1.24 bits per heavy atom. The summed E-state index contributed by atoms with van der Waals surface area (Å²) < 4.78 is 7.28. The highest BCUT2D eigenvalue weighted by atomic mass is 32.1. The molecule has 4 rings (SSSR count). The molecule has 0 fully saturated rings. The van der Waals surface area contributed by atoms with Gasteiger partial charge >= 0.3 is 5.97 Å². The number of nitrogens with zero attached hydrogens (tertiary/aromatic N) is 2. The maximum absolute atomic E-state index is 13.1. The summed E-state index contributed by atoms with van der Waals surface area (Å²) in [6.45, 7) is 2.93. The standard InChI is InChI=1S/C21H18N2O4S2/c1-13-17(16-4-2-11-28-16)18-19(29-13)22-12-23(20(18)24)9-3-10-27-15-7-5-14(6-8-15)21(25)26/h2,4-8,11-12H,3,9-10H2,1H3,(H,25,26). The van der Waals surface area contributed by atoms with Gasteiger partial charge in [0.1, 0.15) is 10.6 Å². The molecule has 4 aromatic rings. The van der Waals surface area contributed by atoms with E-state index in [4.69, 9.17) is 9.84 Å². The third-order valence-electron chi connectivity index (χ3n) is 4.54. The summed E-state index contributed by atoms with van der Waals surface area (Å²) >= 11 is 3.16. The third-order valence-corrected chi connectivity index (χ3v) is 6.44. The molecule has 0 atom stereocenters. The number of aromatic nitrogens is 2. The molecule has 0 aliphatic carbocycles. The highest BCUT2D eigenvalue weighted by Gasteiger charge is 2.17. The lowest BCUT2D eigenvalue weighted by Gasteiger charge is -2.08. The number of thiophene rings is 2. The Hall–Kier alpha value is -2.97. The minimum absolute atomic E-state index is 0.0337. The van der Waals surface area contributed by atoms with E-state index < -0.39 is 5.97 Å². The van der Waals surface area contributed by atoms with Crippen molar-refractivity contribution in [3.8, 4) is 16.2 Å². The predicted molar refractivity (Wildman–Crippen MR) is 115 cm³/mol. The van der Waals surface area contributed by atoms with E-state index in [1.807, 2.05) is 24.4 Å². The zero-order valence-electron chi connectivity index (χ0n) is 15.6. The minimum atomic E-state index is -0.968. The average Bonchev–Trinajstić information content (AvgIpc) is 3.34. The van der Waals surface area contributed by atoms with Crippen LogP contribution in [0, 0.1) is 6.92 Å². The van der Waals surface area contributed by atoms with E-state index in [0.717, 1.165) is 20.1 Å². The fraction of sp³-hybridized carbons (Fsp3) is 0.190. The molecule has 3 heterocycles. The van der Waals surface area contributed by atoms with Gasteiger partial charge in [0.05, 0.1) is 23.9 Å². The number of carboxylic acids is 1. The molecule has 0 bridgehead atoms. The number of aryl methyl sites for hydroxylation is 2. The summed E-state index contributed by atoms with van der Waals surface area (Å²) in [5.74, 6) is -0.367. The van der Waals surface area contributed by atoms with Crippen molar-refractivity contribution in [1.82, 2.24) is 9.55 Å². The van der Waals surface area contributed by atoms with E-state index in [2.05, 4.69) is 4.98 Å². The molecule has 148 valence electrons. The molecule has 6 nitrogen and oxygen atoms in total. The molecule has 0 spiro atoms. The van der Waals surface area contributed by atoms with Gasteiger partial charge in [0.25, 0.3) is 5.56 Å². The molecule has 0 saturated heterocycles. The molecular weight excluding hydrogens is 408 g/mol. The van der Waals surface area contributed by atoms with Gasteiger partial charge in [0, 0.05) is 21.9 Å². The Balaban J connectivity index is 1.47. The summed E-state index contributed by atoms with van der Waals surface area (Å²) in [7, 11) is 0. The number of hydrogen-bond acceptors (Lipinski definition) is 6. The summed E-state index contributed by atoms with van der Waals surface area (Å²) in [5, 5.41) is 11.6. The monoisotopic (exact) mass is 426 g/mol. The quantitative estimate of drug-likeness (QED) is 0.435. The number of carboxylic acid groups (broad SMARTS) is 1. The normalized spacial score (nSPS) is 11.1. The molecule has 0 amide bonds. The lowest BCUT2D eigenvalue weighted by molar-refractivity contribution is 0.0697. The van der Waals surface area contributed by atoms with Crippen molar-refractivity contribution in [2.24, 2.45) is 0 Å². The van der Waals surface area contributed by atoms with E-state index in [1.165, 1.54) is 12.1 Å². The van der Waals surface area contributed by atoms with Crippen LogP contribution in [0.25, 0.3) is 20.7 Å². The Labute approximate surface area is 174 Å². The number of fused-ring (bicyclic) bond motifs is 1. The smallest absolute Gasteiger partial charge is 0.335 e. The molecule has 3 aromatic heterocycles. The zero-order chi connectivity index (χ0) is 20.4. The van der Waals surface area contributed by atoms with Crippen molar-refractivity contribution >= 4 is 38.9 Å². The van der Waals surface area contributed by atoms with Crippen molar-refractivity contribution in [2.45, 2.75) is 19.9 Å². The Morgan fingerprint density at radius 3 is 2.72 bits per heavy atom. The van der Waals surface area contributed by atoms with Gasteiger partial charge in [-0.3, -0.25) is 9.36 Å². The second-order valence-corrected chi connectivity index (χ2v) is 8.62. The molecule has 8 heteroatoms. The van der Waals surface area contributed by atoms with Gasteiger partial charge < -0.3 is 9.84 Å². The zero-order valence-corrected chi connectivity index (χ0v) is 17.3. The number of aromatic carboxylic acids is 1. The molecule has 1 N–H and O–H groups in total. The number of benzene rings is 1. The lowest BCUT2D eigenvalue weighted by Crippen LogP contribution is -2.21. The molecule has 0 unspecified atom stereocenters. The van der Waals surface area contributed by atoms with Crippen LogP contribution in [0.3, 0.4) is 0 Å². The Kier molecular flexibility index (Phi) is 5.46. The van der Waals surface area contributed by atoms with E-state index in [1.54, 1.807) is 45.7 Å². The van der Waals surface area contributed by atoms with Crippen molar-refractivity contribution in [2.75, 3.05) is 6.61 Å². The van der Waals surface area contributed by atoms with Crippen LogP contribution in [0.5, 0.6) is 5.75 Å². The maximum Gasteiger partial charge on any atom is 0.335 e. The molecular formula is C21H18N2O4S2. The summed E-state index contributed by atoms with van der Waals surface area (Å²) in [4.78, 5) is 31.4. The van der Waals surface area contributed by atoms with Crippen LogP contribution in [0.4, 0.5) is 0 Å². The molecule has 0 aliphatic heterocycles. The molecule has 0 aliphatic rings. The van der Waals surface area contributed by atoms with Crippen LogP contribution in [0.1, 0.15) is 21.7 Å². The largest absolute Gasteiger partial charge is 0.494 e. The first-order valence-electron chi connectivity index (χ1n) is 9.03. The minimum Gasteiger partial charge on any atom is -0.494 e. The number of hydrogen-bond donors (Lipinski definition) is 1. The van der Waals surface area contributed by atoms with Crippen molar-refractivity contribution in [3.05, 3.63) is 68.9 Å². The Bertz CT molecular complexity index is 1210. The van der Waals surface area contributed by atoms with E-state index >= 15 is 0 Å². The van der Waals surface area contributed by atoms with Gasteiger partial charge in [-0.15, -0.1) is 22.7 Å². The SMILES string of the molecule is Cc1sc2ncn(CCCOc3ccc(C(=O)O)cc3)c(=O)c2c1-c1cccs1. The average molecular weight is 427 g/mol. The van der Waals surface area contributed by atoms with Gasteiger partial charge in [-0.1, -0.05) is 6.07 Å². The lowest BCUT2D eigenvalue weighted by atomic mass is 10.1. The van der Waals surface area contributed by atoms with Crippen LogP contribution in [0.2, 0.25) is 0 Å². The number of rotatable bonds is 7. The van der Waals surface area contributed by atoms with Gasteiger partial charge in [0.2, 0.25) is 0 Å². The molecule has 1 aromatic carbocycles. The second-order valence-electron chi connectivity index (χ2n) is 6.47. The van der Waals surface area contributed by atoms with Crippen LogP contribution >= 0.6 is 22.7 Å². The molecule has 0 saturated carbocycles. The topological polar surface area (TPSA) is 81.4 Å². The van der Waals surface area contributed by atoms with Gasteiger partial charge in [0.15, 0.2) is 0 Å². The maximum atomic E-state index is 13.1. The van der Waals surface area contributed by atoms with Crippen LogP contribution in [-0.2, 0) is 6.54 Å². The first kappa shape index (κ1) is 19.4. The van der Waals surface area contributed by atoms with E-state index in [0.29, 0.717) is 30.7 Å². The number of ether oxygens (including phenoxy) is 1. The van der Waals surface area contributed by atoms with Gasteiger partial charge in [-0.2, -0.15) is 0 Å². The fourth-order valence-corrected chi connectivity index (χ4v) is 5.03. The van der Waals surface area contributed by atoms with Crippen molar-refractivity contribution in [1.29, 1.82) is 0 Å². The van der Waals surface area contributed by atoms with Crippen molar-refractivity contribution in [3.63, 3.8) is 0 Å². The summed E-state index contributed by atoms with van der Waals surface area (Å²) in [5.41, 5.74) is 1.17. The molecule has 0 radical (unpaired) electrons. The van der Waals surface area contributed by atoms with Crippen LogP contribution in [0.15, 0.2) is 52.9 Å². The first-order chi connectivity index (χ1) is 14.0. The Morgan fingerprint density at radius 2 is 2.03 bits per heavy atom. The van der Waals surface area contributed by atoms with E-state index in [-0.39, 0.29) is 11.1 Å². The first-order valence-corrected chi connectivity index (χ1v) is 10.7. The highest BCUT2D eigenvalue weighted by molar-refractivity contribution is 7.20. The summed E-state index contributed by atoms with van der Waals surface area (Å²) in [6, 6.07) is 10.3. The predicted octanol–water partition coefficient (Wildman–Crippen LogP) is 4.66. The fourth-order valence-electron chi connectivity index (χ4n) is 3.13.